The lowest BCUT2D eigenvalue weighted by Crippen LogP contribution is -2.37. The molecule has 4 heteroatoms. The van der Waals surface area contributed by atoms with E-state index < -0.39 is 0 Å². The summed E-state index contributed by atoms with van der Waals surface area (Å²) in [5, 5.41) is 3.08. The molecule has 2 unspecified atom stereocenters. The predicted octanol–water partition coefficient (Wildman–Crippen LogP) is 2.34. The van der Waals surface area contributed by atoms with Gasteiger partial charge in [0.2, 0.25) is 5.91 Å². The second kappa shape index (κ2) is 6.45. The Kier molecular flexibility index (Phi) is 4.66. The van der Waals surface area contributed by atoms with Crippen LogP contribution in [0.1, 0.15) is 32.6 Å². The van der Waals surface area contributed by atoms with Crippen LogP contribution in [0.4, 0.5) is 5.69 Å². The van der Waals surface area contributed by atoms with Crippen molar-refractivity contribution < 1.29 is 9.53 Å². The highest BCUT2D eigenvalue weighted by atomic mass is 16.5. The van der Waals surface area contributed by atoms with Crippen LogP contribution in [0.5, 0.6) is 5.75 Å². The number of nitrogens with one attached hydrogen (secondary N) is 1. The minimum Gasteiger partial charge on any atom is -0.493 e. The van der Waals surface area contributed by atoms with Crippen LogP contribution in [0.15, 0.2) is 24.3 Å². The monoisotopic (exact) mass is 262 g/mol. The van der Waals surface area contributed by atoms with E-state index in [4.69, 9.17) is 10.5 Å². The molecule has 0 heterocycles. The average molecular weight is 262 g/mol. The van der Waals surface area contributed by atoms with Gasteiger partial charge in [0.25, 0.3) is 0 Å². The molecule has 2 atom stereocenters. The van der Waals surface area contributed by atoms with Crippen molar-refractivity contribution >= 4 is 11.6 Å². The van der Waals surface area contributed by atoms with Crippen LogP contribution in [-0.2, 0) is 4.79 Å². The lowest BCUT2D eigenvalue weighted by atomic mass is 10.1. The zero-order valence-corrected chi connectivity index (χ0v) is 11.4. The zero-order valence-electron chi connectivity index (χ0n) is 11.4. The second-order valence-electron chi connectivity index (χ2n) is 5.25. The first-order valence-electron chi connectivity index (χ1n) is 6.93. The number of hydrogen-bond donors (Lipinski definition) is 2. The van der Waals surface area contributed by atoms with Crippen molar-refractivity contribution in [1.82, 2.24) is 5.32 Å². The van der Waals surface area contributed by atoms with Crippen molar-refractivity contribution in [3.05, 3.63) is 24.3 Å². The highest BCUT2D eigenvalue weighted by molar-refractivity contribution is 5.76. The van der Waals surface area contributed by atoms with Crippen LogP contribution < -0.4 is 15.8 Å². The maximum absolute atomic E-state index is 11.8. The van der Waals surface area contributed by atoms with E-state index in [1.54, 1.807) is 12.1 Å². The number of amides is 1. The van der Waals surface area contributed by atoms with E-state index in [1.165, 1.54) is 12.8 Å². The molecule has 1 fully saturated rings. The lowest BCUT2D eigenvalue weighted by Gasteiger charge is -2.17. The standard InChI is InChI=1S/C15H22N2O2/c1-11-4-2-7-14(11)17-15(18)8-9-19-13-6-3-5-12(16)10-13/h3,5-6,10-11,14H,2,4,7-9,16H2,1H3,(H,17,18). The summed E-state index contributed by atoms with van der Waals surface area (Å²) >= 11 is 0. The van der Waals surface area contributed by atoms with Gasteiger partial charge in [0.15, 0.2) is 0 Å². The maximum Gasteiger partial charge on any atom is 0.223 e. The van der Waals surface area contributed by atoms with Gasteiger partial charge in [-0.25, -0.2) is 0 Å². The molecule has 0 spiro atoms. The Labute approximate surface area is 114 Å². The van der Waals surface area contributed by atoms with E-state index >= 15 is 0 Å². The van der Waals surface area contributed by atoms with Gasteiger partial charge < -0.3 is 15.8 Å². The van der Waals surface area contributed by atoms with Crippen LogP contribution in [0, 0.1) is 5.92 Å². The second-order valence-corrected chi connectivity index (χ2v) is 5.25. The SMILES string of the molecule is CC1CCCC1NC(=O)CCOc1cccc(N)c1. The van der Waals surface area contributed by atoms with Crippen molar-refractivity contribution in [2.24, 2.45) is 5.92 Å². The molecule has 4 nitrogen and oxygen atoms in total. The minimum atomic E-state index is 0.0719. The first-order chi connectivity index (χ1) is 9.15. The summed E-state index contributed by atoms with van der Waals surface area (Å²) in [7, 11) is 0. The van der Waals surface area contributed by atoms with Crippen LogP contribution >= 0.6 is 0 Å². The summed E-state index contributed by atoms with van der Waals surface area (Å²) in [6.45, 7) is 2.58. The number of benzene rings is 1. The van der Waals surface area contributed by atoms with Gasteiger partial charge in [-0.15, -0.1) is 0 Å². The highest BCUT2D eigenvalue weighted by Gasteiger charge is 2.24. The molecular formula is C15H22N2O2. The number of ether oxygens (including phenoxy) is 1. The topological polar surface area (TPSA) is 64.3 Å². The smallest absolute Gasteiger partial charge is 0.223 e. The molecule has 0 aliphatic heterocycles. The van der Waals surface area contributed by atoms with E-state index in [9.17, 15) is 4.79 Å². The fraction of sp³-hybridized carbons (Fsp3) is 0.533. The van der Waals surface area contributed by atoms with Crippen molar-refractivity contribution in [3.8, 4) is 5.75 Å². The van der Waals surface area contributed by atoms with E-state index in [2.05, 4.69) is 12.2 Å². The summed E-state index contributed by atoms with van der Waals surface area (Å²) in [6.07, 6.45) is 3.91. The molecule has 1 amide bonds. The summed E-state index contributed by atoms with van der Waals surface area (Å²) in [6, 6.07) is 7.59. The minimum absolute atomic E-state index is 0.0719. The van der Waals surface area contributed by atoms with E-state index in [-0.39, 0.29) is 5.91 Å². The van der Waals surface area contributed by atoms with Gasteiger partial charge in [-0.2, -0.15) is 0 Å². The van der Waals surface area contributed by atoms with E-state index in [0.717, 1.165) is 6.42 Å². The van der Waals surface area contributed by atoms with Crippen LogP contribution in [0.25, 0.3) is 0 Å². The molecule has 0 bridgehead atoms. The molecular weight excluding hydrogens is 240 g/mol. The Hall–Kier alpha value is -1.71. The maximum atomic E-state index is 11.8. The number of hydrogen-bond acceptors (Lipinski definition) is 3. The summed E-state index contributed by atoms with van der Waals surface area (Å²) in [4.78, 5) is 11.8. The Morgan fingerprint density at radius 2 is 2.32 bits per heavy atom. The normalized spacial score (nSPS) is 22.2. The Morgan fingerprint density at radius 1 is 1.47 bits per heavy atom. The van der Waals surface area contributed by atoms with Crippen molar-refractivity contribution in [2.45, 2.75) is 38.6 Å². The molecule has 1 aromatic rings. The van der Waals surface area contributed by atoms with Gasteiger partial charge in [0, 0.05) is 17.8 Å². The summed E-state index contributed by atoms with van der Waals surface area (Å²) in [5.41, 5.74) is 6.32. The lowest BCUT2D eigenvalue weighted by molar-refractivity contribution is -0.122. The number of carbonyl (C=O) groups is 1. The van der Waals surface area contributed by atoms with Crippen molar-refractivity contribution in [3.63, 3.8) is 0 Å². The number of nitrogens with two attached hydrogens (primary N) is 1. The molecule has 104 valence electrons. The van der Waals surface area contributed by atoms with Gasteiger partial charge in [0.05, 0.1) is 13.0 Å². The fourth-order valence-corrected chi connectivity index (χ4v) is 2.50. The molecule has 0 radical (unpaired) electrons. The van der Waals surface area contributed by atoms with Crippen LogP contribution in [-0.4, -0.2) is 18.6 Å². The number of rotatable bonds is 5. The average Bonchev–Trinajstić information content (AvgIpc) is 2.75. The van der Waals surface area contributed by atoms with E-state index in [1.807, 2.05) is 12.1 Å². The molecule has 0 saturated heterocycles. The quantitative estimate of drug-likeness (QED) is 0.801. The predicted molar refractivity (Wildman–Crippen MR) is 75.9 cm³/mol. The molecule has 19 heavy (non-hydrogen) atoms. The number of nitrogen functional groups attached to an aromatic ring is 1. The van der Waals surface area contributed by atoms with Gasteiger partial charge in [-0.3, -0.25) is 4.79 Å². The molecule has 1 aliphatic carbocycles. The van der Waals surface area contributed by atoms with Gasteiger partial charge in [-0.05, 0) is 30.9 Å². The third-order valence-electron chi connectivity index (χ3n) is 3.66. The largest absolute Gasteiger partial charge is 0.493 e. The molecule has 0 aromatic heterocycles. The van der Waals surface area contributed by atoms with Gasteiger partial charge in [0.1, 0.15) is 5.75 Å². The first-order valence-corrected chi connectivity index (χ1v) is 6.93. The number of carbonyl (C=O) groups excluding carboxylic acids is 1. The van der Waals surface area contributed by atoms with E-state index in [0.29, 0.717) is 36.4 Å². The zero-order chi connectivity index (χ0) is 13.7. The Balaban J connectivity index is 1.69. The Morgan fingerprint density at radius 3 is 3.00 bits per heavy atom. The first kappa shape index (κ1) is 13.7. The molecule has 2 rings (SSSR count). The third-order valence-corrected chi connectivity index (χ3v) is 3.66. The van der Waals surface area contributed by atoms with Crippen molar-refractivity contribution in [1.29, 1.82) is 0 Å². The summed E-state index contributed by atoms with van der Waals surface area (Å²) in [5.74, 6) is 1.38. The van der Waals surface area contributed by atoms with Crippen LogP contribution in [0.3, 0.4) is 0 Å². The molecule has 1 saturated carbocycles. The summed E-state index contributed by atoms with van der Waals surface area (Å²) < 4.78 is 5.51. The highest BCUT2D eigenvalue weighted by Crippen LogP contribution is 2.24. The number of anilines is 1. The van der Waals surface area contributed by atoms with Crippen LogP contribution in [0.2, 0.25) is 0 Å². The van der Waals surface area contributed by atoms with Crippen molar-refractivity contribution in [2.75, 3.05) is 12.3 Å². The fourth-order valence-electron chi connectivity index (χ4n) is 2.50. The Bertz CT molecular complexity index is 434. The van der Waals surface area contributed by atoms with Gasteiger partial charge >= 0.3 is 0 Å². The molecule has 3 N–H and O–H groups in total. The molecule has 1 aromatic carbocycles. The van der Waals surface area contributed by atoms with Gasteiger partial charge in [-0.1, -0.05) is 19.4 Å². The molecule has 1 aliphatic rings. The third kappa shape index (κ3) is 4.16.